The molecule has 1 unspecified atom stereocenters. The summed E-state index contributed by atoms with van der Waals surface area (Å²) in [5, 5.41) is 11.8. The Kier molecular flexibility index (Phi) is 7.15. The molecule has 0 radical (unpaired) electrons. The summed E-state index contributed by atoms with van der Waals surface area (Å²) in [5.41, 5.74) is 1.05. The maximum atomic E-state index is 11.7. The van der Waals surface area contributed by atoms with E-state index in [0.29, 0.717) is 18.9 Å². The van der Waals surface area contributed by atoms with Crippen molar-refractivity contribution in [1.82, 2.24) is 5.32 Å². The summed E-state index contributed by atoms with van der Waals surface area (Å²) >= 11 is 0. The average Bonchev–Trinajstić information content (AvgIpc) is 2.39. The smallest absolute Gasteiger partial charge is 0.246 e. The Morgan fingerprint density at radius 2 is 2.00 bits per heavy atom. The van der Waals surface area contributed by atoms with Crippen LogP contribution in [-0.2, 0) is 16.1 Å². The predicted molar refractivity (Wildman–Crippen MR) is 74.6 cm³/mol. The number of aliphatic hydroxyl groups is 1. The van der Waals surface area contributed by atoms with Gasteiger partial charge in [-0.3, -0.25) is 4.79 Å². The van der Waals surface area contributed by atoms with E-state index in [1.165, 1.54) is 0 Å². The van der Waals surface area contributed by atoms with Crippen LogP contribution in [-0.4, -0.2) is 30.3 Å². The van der Waals surface area contributed by atoms with Crippen molar-refractivity contribution in [2.24, 2.45) is 5.92 Å². The fourth-order valence-electron chi connectivity index (χ4n) is 1.80. The van der Waals surface area contributed by atoms with Crippen molar-refractivity contribution < 1.29 is 14.6 Å². The highest BCUT2D eigenvalue weighted by Gasteiger charge is 2.15. The summed E-state index contributed by atoms with van der Waals surface area (Å²) in [4.78, 5) is 11.7. The molecule has 0 aromatic heterocycles. The van der Waals surface area contributed by atoms with E-state index in [2.05, 4.69) is 5.32 Å². The lowest BCUT2D eigenvalue weighted by molar-refractivity contribution is -0.127. The molecule has 0 fully saturated rings. The van der Waals surface area contributed by atoms with E-state index < -0.39 is 0 Å². The number of benzene rings is 1. The molecule has 1 amide bonds. The van der Waals surface area contributed by atoms with Gasteiger partial charge in [-0.05, 0) is 17.9 Å². The normalized spacial score (nSPS) is 12.4. The van der Waals surface area contributed by atoms with Crippen LogP contribution < -0.4 is 5.32 Å². The Morgan fingerprint density at radius 3 is 2.58 bits per heavy atom. The zero-order valence-electron chi connectivity index (χ0n) is 11.6. The van der Waals surface area contributed by atoms with Crippen molar-refractivity contribution in [3.05, 3.63) is 35.9 Å². The van der Waals surface area contributed by atoms with Crippen LogP contribution in [0.5, 0.6) is 0 Å². The van der Waals surface area contributed by atoms with Gasteiger partial charge in [0.15, 0.2) is 0 Å². The third-order valence-electron chi connectivity index (χ3n) is 2.94. The van der Waals surface area contributed by atoms with E-state index in [9.17, 15) is 4.79 Å². The molecule has 1 atom stereocenters. The number of amides is 1. The summed E-state index contributed by atoms with van der Waals surface area (Å²) < 4.78 is 5.37. The number of carbonyl (C=O) groups is 1. The van der Waals surface area contributed by atoms with Crippen molar-refractivity contribution in [2.45, 2.75) is 32.9 Å². The van der Waals surface area contributed by atoms with Crippen LogP contribution in [0.3, 0.4) is 0 Å². The highest BCUT2D eigenvalue weighted by Crippen LogP contribution is 2.05. The summed E-state index contributed by atoms with van der Waals surface area (Å²) in [6, 6.07) is 9.74. The topological polar surface area (TPSA) is 58.6 Å². The number of carbonyl (C=O) groups excluding carboxylic acids is 1. The molecule has 1 rings (SSSR count). The Labute approximate surface area is 114 Å². The van der Waals surface area contributed by atoms with Gasteiger partial charge in [-0.15, -0.1) is 0 Å². The van der Waals surface area contributed by atoms with Crippen molar-refractivity contribution in [3.63, 3.8) is 0 Å². The molecule has 0 aliphatic carbocycles. The van der Waals surface area contributed by atoms with Crippen molar-refractivity contribution >= 4 is 5.91 Å². The molecule has 0 aliphatic rings. The van der Waals surface area contributed by atoms with Crippen LogP contribution in [0, 0.1) is 5.92 Å². The van der Waals surface area contributed by atoms with E-state index in [4.69, 9.17) is 9.84 Å². The molecule has 0 aliphatic heterocycles. The highest BCUT2D eigenvalue weighted by molar-refractivity contribution is 5.77. The first-order valence-electron chi connectivity index (χ1n) is 6.65. The first-order chi connectivity index (χ1) is 9.13. The van der Waals surface area contributed by atoms with Gasteiger partial charge in [0.2, 0.25) is 5.91 Å². The third-order valence-corrected chi connectivity index (χ3v) is 2.94. The fourth-order valence-corrected chi connectivity index (χ4v) is 1.80. The Bertz CT molecular complexity index is 365. The number of hydrogen-bond donors (Lipinski definition) is 2. The minimum atomic E-state index is -0.136. The zero-order chi connectivity index (χ0) is 14.1. The number of hydrogen-bond acceptors (Lipinski definition) is 3. The quantitative estimate of drug-likeness (QED) is 0.752. The summed E-state index contributed by atoms with van der Waals surface area (Å²) in [5.74, 6) is 0.160. The number of aliphatic hydroxyl groups excluding tert-OH is 1. The lowest BCUT2D eigenvalue weighted by atomic mass is 10.0. The molecule has 0 saturated heterocycles. The molecule has 0 heterocycles. The monoisotopic (exact) mass is 265 g/mol. The van der Waals surface area contributed by atoms with Crippen LogP contribution in [0.1, 0.15) is 25.8 Å². The van der Waals surface area contributed by atoms with E-state index in [0.717, 1.165) is 5.56 Å². The lowest BCUT2D eigenvalue weighted by Crippen LogP contribution is -2.41. The molecule has 1 aromatic rings. The first kappa shape index (κ1) is 15.7. The SMILES string of the molecule is CC(C)C(CCO)NC(=O)COCc1ccccc1. The number of ether oxygens (including phenoxy) is 1. The standard InChI is InChI=1S/C15H23NO3/c1-12(2)14(8-9-17)16-15(18)11-19-10-13-6-4-3-5-7-13/h3-7,12,14,17H,8-11H2,1-2H3,(H,16,18). The van der Waals surface area contributed by atoms with Crippen LogP contribution in [0.15, 0.2) is 30.3 Å². The van der Waals surface area contributed by atoms with Gasteiger partial charge in [0.05, 0.1) is 6.61 Å². The maximum Gasteiger partial charge on any atom is 0.246 e. The Balaban J connectivity index is 2.27. The number of rotatable bonds is 8. The Morgan fingerprint density at radius 1 is 1.32 bits per heavy atom. The molecule has 0 spiro atoms. The summed E-state index contributed by atoms with van der Waals surface area (Å²) in [6.45, 7) is 4.59. The first-order valence-corrected chi connectivity index (χ1v) is 6.65. The minimum Gasteiger partial charge on any atom is -0.396 e. The molecule has 4 nitrogen and oxygen atoms in total. The van der Waals surface area contributed by atoms with E-state index in [1.54, 1.807) is 0 Å². The second kappa shape index (κ2) is 8.67. The van der Waals surface area contributed by atoms with Gasteiger partial charge >= 0.3 is 0 Å². The minimum absolute atomic E-state index is 0.00201. The average molecular weight is 265 g/mol. The summed E-state index contributed by atoms with van der Waals surface area (Å²) in [7, 11) is 0. The van der Waals surface area contributed by atoms with Crippen molar-refractivity contribution in [3.8, 4) is 0 Å². The van der Waals surface area contributed by atoms with Gasteiger partial charge in [-0.2, -0.15) is 0 Å². The largest absolute Gasteiger partial charge is 0.396 e. The Hall–Kier alpha value is -1.39. The summed E-state index contributed by atoms with van der Waals surface area (Å²) in [6.07, 6.45) is 0.572. The van der Waals surface area contributed by atoms with Crippen molar-refractivity contribution in [1.29, 1.82) is 0 Å². The van der Waals surface area contributed by atoms with E-state index in [-0.39, 0.29) is 25.2 Å². The fraction of sp³-hybridized carbons (Fsp3) is 0.533. The van der Waals surface area contributed by atoms with Crippen molar-refractivity contribution in [2.75, 3.05) is 13.2 Å². The molecule has 2 N–H and O–H groups in total. The molecule has 1 aromatic carbocycles. The number of nitrogens with one attached hydrogen (secondary N) is 1. The molecular weight excluding hydrogens is 242 g/mol. The van der Waals surface area contributed by atoms with E-state index in [1.807, 2.05) is 44.2 Å². The molecular formula is C15H23NO3. The van der Waals surface area contributed by atoms with Crippen LogP contribution in [0.25, 0.3) is 0 Å². The third kappa shape index (κ3) is 6.36. The molecule has 4 heteroatoms. The molecule has 19 heavy (non-hydrogen) atoms. The second-order valence-electron chi connectivity index (χ2n) is 4.91. The van der Waals surface area contributed by atoms with Gasteiger partial charge < -0.3 is 15.2 Å². The van der Waals surface area contributed by atoms with Crippen LogP contribution in [0.4, 0.5) is 0 Å². The highest BCUT2D eigenvalue weighted by atomic mass is 16.5. The van der Waals surface area contributed by atoms with Gasteiger partial charge in [0.1, 0.15) is 6.61 Å². The zero-order valence-corrected chi connectivity index (χ0v) is 11.6. The molecule has 0 saturated carbocycles. The molecule has 106 valence electrons. The lowest BCUT2D eigenvalue weighted by Gasteiger charge is -2.21. The predicted octanol–water partition coefficient (Wildman–Crippen LogP) is 1.73. The van der Waals surface area contributed by atoms with Gasteiger partial charge in [-0.25, -0.2) is 0 Å². The van der Waals surface area contributed by atoms with Crippen LogP contribution in [0.2, 0.25) is 0 Å². The van der Waals surface area contributed by atoms with Gasteiger partial charge in [0.25, 0.3) is 0 Å². The van der Waals surface area contributed by atoms with Crippen LogP contribution >= 0.6 is 0 Å². The van der Waals surface area contributed by atoms with Gasteiger partial charge in [-0.1, -0.05) is 44.2 Å². The van der Waals surface area contributed by atoms with Gasteiger partial charge in [0, 0.05) is 12.6 Å². The van der Waals surface area contributed by atoms with E-state index >= 15 is 0 Å². The molecule has 0 bridgehead atoms. The maximum absolute atomic E-state index is 11.7. The second-order valence-corrected chi connectivity index (χ2v) is 4.91.